The number of aliphatic hydroxyl groups is 1. The van der Waals surface area contributed by atoms with Gasteiger partial charge in [-0.3, -0.25) is 0 Å². The molecule has 1 aliphatic heterocycles. The summed E-state index contributed by atoms with van der Waals surface area (Å²) in [5.74, 6) is -2.10. The maximum Gasteiger partial charge on any atom is 0.200 e. The fraction of sp³-hybridized carbons (Fsp3) is 0.400. The lowest BCUT2D eigenvalue weighted by atomic mass is 10.0. The Kier molecular flexibility index (Phi) is 2.37. The van der Waals surface area contributed by atoms with Crippen LogP contribution in [0.5, 0.6) is 5.75 Å². The van der Waals surface area contributed by atoms with E-state index in [1.165, 1.54) is 6.07 Å². The quantitative estimate of drug-likeness (QED) is 0.695. The van der Waals surface area contributed by atoms with Gasteiger partial charge in [0.2, 0.25) is 5.82 Å². The molecule has 76 valence electrons. The molecule has 14 heavy (non-hydrogen) atoms. The zero-order chi connectivity index (χ0) is 10.1. The van der Waals surface area contributed by atoms with E-state index >= 15 is 0 Å². The Bertz CT molecular complexity index is 352. The van der Waals surface area contributed by atoms with Gasteiger partial charge in [0.15, 0.2) is 11.6 Å². The molecule has 0 saturated heterocycles. The average Bonchev–Trinajstić information content (AvgIpc) is 2.35. The number of halogens is 2. The molecule has 0 fully saturated rings. The molecule has 2 nitrogen and oxygen atoms in total. The van der Waals surface area contributed by atoms with Crippen LogP contribution in [0.25, 0.3) is 0 Å². The van der Waals surface area contributed by atoms with Crippen LogP contribution in [-0.2, 0) is 0 Å². The van der Waals surface area contributed by atoms with Gasteiger partial charge in [-0.15, -0.1) is 0 Å². The molecular weight excluding hydrogens is 190 g/mol. The van der Waals surface area contributed by atoms with Crippen molar-refractivity contribution < 1.29 is 18.6 Å². The Morgan fingerprint density at radius 3 is 2.93 bits per heavy atom. The van der Waals surface area contributed by atoms with Crippen molar-refractivity contribution in [1.29, 1.82) is 0 Å². The Morgan fingerprint density at radius 2 is 2.14 bits per heavy atom. The van der Waals surface area contributed by atoms with E-state index in [0.29, 0.717) is 25.0 Å². The summed E-state index contributed by atoms with van der Waals surface area (Å²) in [6.45, 7) is 0.310. The summed E-state index contributed by atoms with van der Waals surface area (Å²) < 4.78 is 31.1. The molecule has 1 atom stereocenters. The van der Waals surface area contributed by atoms with Gasteiger partial charge in [-0.25, -0.2) is 4.39 Å². The zero-order valence-corrected chi connectivity index (χ0v) is 7.46. The monoisotopic (exact) mass is 200 g/mol. The minimum atomic E-state index is -1.01. The van der Waals surface area contributed by atoms with Crippen molar-refractivity contribution in [2.45, 2.75) is 18.9 Å². The summed E-state index contributed by atoms with van der Waals surface area (Å²) in [7, 11) is 0. The van der Waals surface area contributed by atoms with Crippen LogP contribution in [0.15, 0.2) is 12.1 Å². The maximum absolute atomic E-state index is 13.2. The van der Waals surface area contributed by atoms with Crippen LogP contribution in [0.2, 0.25) is 0 Å². The predicted octanol–water partition coefficient (Wildman–Crippen LogP) is 2.17. The van der Waals surface area contributed by atoms with E-state index in [4.69, 9.17) is 4.74 Å². The highest BCUT2D eigenvalue weighted by atomic mass is 19.2. The molecule has 0 radical (unpaired) electrons. The normalized spacial score (nSPS) is 20.9. The molecule has 1 heterocycles. The lowest BCUT2D eigenvalue weighted by molar-refractivity contribution is 0.167. The van der Waals surface area contributed by atoms with E-state index in [-0.39, 0.29) is 5.75 Å². The highest BCUT2D eigenvalue weighted by Gasteiger charge is 2.22. The van der Waals surface area contributed by atoms with Gasteiger partial charge in [0.05, 0.1) is 12.7 Å². The summed E-state index contributed by atoms with van der Waals surface area (Å²) in [6, 6.07) is 2.37. The van der Waals surface area contributed by atoms with E-state index < -0.39 is 17.7 Å². The Balaban J connectivity index is 2.53. The highest BCUT2D eigenvalue weighted by Crippen LogP contribution is 2.34. The number of rotatable bonds is 0. The van der Waals surface area contributed by atoms with Crippen LogP contribution >= 0.6 is 0 Å². The summed E-state index contributed by atoms with van der Waals surface area (Å²) in [4.78, 5) is 0. The topological polar surface area (TPSA) is 29.5 Å². The van der Waals surface area contributed by atoms with Crippen molar-refractivity contribution in [2.75, 3.05) is 6.61 Å². The first-order valence-electron chi connectivity index (χ1n) is 4.49. The SMILES string of the molecule is O[C@@H]1CCCOc2c1ccc(F)c2F. The Morgan fingerprint density at radius 1 is 1.36 bits per heavy atom. The van der Waals surface area contributed by atoms with Crippen LogP contribution < -0.4 is 4.74 Å². The fourth-order valence-electron chi connectivity index (χ4n) is 1.56. The summed E-state index contributed by atoms with van der Waals surface area (Å²) in [5, 5.41) is 9.59. The minimum absolute atomic E-state index is 0.144. The number of hydrogen-bond acceptors (Lipinski definition) is 2. The first-order chi connectivity index (χ1) is 6.70. The molecule has 4 heteroatoms. The van der Waals surface area contributed by atoms with Crippen LogP contribution in [0.4, 0.5) is 8.78 Å². The molecule has 0 spiro atoms. The van der Waals surface area contributed by atoms with Crippen molar-refractivity contribution in [3.63, 3.8) is 0 Å². The third-order valence-electron chi connectivity index (χ3n) is 2.31. The second kappa shape index (κ2) is 3.53. The number of hydrogen-bond donors (Lipinski definition) is 1. The largest absolute Gasteiger partial charge is 0.490 e. The first-order valence-corrected chi connectivity index (χ1v) is 4.49. The van der Waals surface area contributed by atoms with Crippen LogP contribution in [0.3, 0.4) is 0 Å². The number of aliphatic hydroxyl groups excluding tert-OH is 1. The van der Waals surface area contributed by atoms with E-state index in [0.717, 1.165) is 6.07 Å². The van der Waals surface area contributed by atoms with Gasteiger partial charge >= 0.3 is 0 Å². The first kappa shape index (κ1) is 9.40. The van der Waals surface area contributed by atoms with Gasteiger partial charge in [-0.1, -0.05) is 0 Å². The number of fused-ring (bicyclic) bond motifs is 1. The van der Waals surface area contributed by atoms with Gasteiger partial charge in [0, 0.05) is 5.56 Å². The van der Waals surface area contributed by atoms with Crippen LogP contribution in [-0.4, -0.2) is 11.7 Å². The summed E-state index contributed by atoms with van der Waals surface area (Å²) in [6.07, 6.45) is 0.386. The zero-order valence-electron chi connectivity index (χ0n) is 7.46. The third kappa shape index (κ3) is 1.46. The van der Waals surface area contributed by atoms with Crippen LogP contribution in [0.1, 0.15) is 24.5 Å². The molecule has 1 aromatic carbocycles. The molecule has 2 rings (SSSR count). The second-order valence-corrected chi connectivity index (χ2v) is 3.29. The van der Waals surface area contributed by atoms with E-state index in [2.05, 4.69) is 0 Å². The number of ether oxygens (including phenoxy) is 1. The maximum atomic E-state index is 13.2. The Labute approximate surface area is 80.1 Å². The Hall–Kier alpha value is -1.16. The summed E-state index contributed by atoms with van der Waals surface area (Å²) >= 11 is 0. The standard InChI is InChI=1S/C10H10F2O2/c11-7-4-3-6-8(13)2-1-5-14-10(6)9(7)12/h3-4,8,13H,1-2,5H2/t8-/m1/s1. The van der Waals surface area contributed by atoms with E-state index in [1.807, 2.05) is 0 Å². The molecule has 1 aromatic rings. The summed E-state index contributed by atoms with van der Waals surface area (Å²) in [5.41, 5.74) is 0.335. The van der Waals surface area contributed by atoms with E-state index in [9.17, 15) is 13.9 Å². The fourth-order valence-corrected chi connectivity index (χ4v) is 1.56. The smallest absolute Gasteiger partial charge is 0.200 e. The molecule has 0 saturated carbocycles. The lowest BCUT2D eigenvalue weighted by Crippen LogP contribution is -2.01. The highest BCUT2D eigenvalue weighted by molar-refractivity contribution is 5.37. The molecule has 0 amide bonds. The molecular formula is C10H10F2O2. The molecule has 0 aromatic heterocycles. The van der Waals surface area contributed by atoms with Gasteiger partial charge < -0.3 is 9.84 Å². The minimum Gasteiger partial charge on any atom is -0.490 e. The van der Waals surface area contributed by atoms with Gasteiger partial charge in [0.25, 0.3) is 0 Å². The molecule has 0 unspecified atom stereocenters. The molecule has 0 aliphatic carbocycles. The predicted molar refractivity (Wildman–Crippen MR) is 46.0 cm³/mol. The van der Waals surface area contributed by atoms with Crippen molar-refractivity contribution in [2.24, 2.45) is 0 Å². The van der Waals surface area contributed by atoms with Crippen LogP contribution in [0, 0.1) is 11.6 Å². The van der Waals surface area contributed by atoms with Gasteiger partial charge in [0.1, 0.15) is 0 Å². The second-order valence-electron chi connectivity index (χ2n) is 3.29. The van der Waals surface area contributed by atoms with Crippen molar-refractivity contribution >= 4 is 0 Å². The van der Waals surface area contributed by atoms with E-state index in [1.54, 1.807) is 0 Å². The molecule has 1 N–H and O–H groups in total. The van der Waals surface area contributed by atoms with Crippen molar-refractivity contribution in [3.05, 3.63) is 29.3 Å². The molecule has 1 aliphatic rings. The lowest BCUT2D eigenvalue weighted by Gasteiger charge is -2.11. The average molecular weight is 200 g/mol. The number of benzene rings is 1. The van der Waals surface area contributed by atoms with Crippen molar-refractivity contribution in [3.8, 4) is 5.75 Å². The van der Waals surface area contributed by atoms with Gasteiger partial charge in [-0.2, -0.15) is 4.39 Å². The van der Waals surface area contributed by atoms with Crippen molar-refractivity contribution in [1.82, 2.24) is 0 Å². The van der Waals surface area contributed by atoms with Gasteiger partial charge in [-0.05, 0) is 25.0 Å². The molecule has 0 bridgehead atoms. The third-order valence-corrected chi connectivity index (χ3v) is 2.31.